The van der Waals surface area contributed by atoms with Crippen molar-refractivity contribution in [2.45, 2.75) is 88.5 Å². The Hall–Kier alpha value is -1.80. The topological polar surface area (TPSA) is 0 Å². The molecule has 0 aliphatic rings. The molecule has 0 spiro atoms. The summed E-state index contributed by atoms with van der Waals surface area (Å²) in [5.74, 6) is -125. The molecule has 0 fully saturated rings. The molecule has 0 aromatic carbocycles. The number of rotatable bonds is 12. The van der Waals surface area contributed by atoms with E-state index in [2.05, 4.69) is 11.1 Å². The quantitative estimate of drug-likeness (QED) is 0.104. The predicted octanol–water partition coefficient (Wildman–Crippen LogP) is 11.1. The lowest BCUT2D eigenvalue weighted by Crippen LogP contribution is -2.81. The molecule has 0 unspecified atom stereocenters. The zero-order valence-electron chi connectivity index (χ0n) is 20.9. The van der Waals surface area contributed by atoms with Gasteiger partial charge in [-0.3, -0.25) is 0 Å². The van der Waals surface area contributed by atoms with E-state index >= 15 is 0 Å². The average Bonchev–Trinajstić information content (AvgIpc) is 2.84. The second-order valence-corrected chi connectivity index (χ2v) is 13.8. The van der Waals surface area contributed by atoms with Crippen LogP contribution in [0.2, 0.25) is 0 Å². The van der Waals surface area contributed by atoms with Crippen molar-refractivity contribution in [1.82, 2.24) is 0 Å². The largest absolute Gasteiger partial charge is 0.479 e. The van der Waals surface area contributed by atoms with Crippen molar-refractivity contribution in [3.05, 3.63) is 0 Å². The first-order valence-corrected chi connectivity index (χ1v) is 13.2. The molecule has 0 rings (SSSR count). The third kappa shape index (κ3) is 5.32. The molecule has 0 saturated heterocycles. The van der Waals surface area contributed by atoms with Gasteiger partial charge in [-0.25, -0.2) is 8.78 Å². The molecule has 0 aliphatic carbocycles. The fourth-order valence-electron chi connectivity index (χ4n) is 2.88. The van der Waals surface area contributed by atoms with Crippen LogP contribution in [-0.2, 0) is 0 Å². The smallest absolute Gasteiger partial charge is 0.202 e. The second-order valence-electron chi connectivity index (χ2n) is 9.04. The molecule has 0 radical (unpaired) electrons. The first-order chi connectivity index (χ1) is 20.8. The van der Waals surface area contributed by atoms with Gasteiger partial charge >= 0.3 is 95.9 Å². The van der Waals surface area contributed by atoms with E-state index in [-0.39, 0.29) is 0 Å². The van der Waals surface area contributed by atoms with Gasteiger partial charge < -0.3 is 0 Å². The molecule has 302 valence electrons. The highest BCUT2D eigenvalue weighted by molar-refractivity contribution is 7.23. The first-order valence-electron chi connectivity index (χ1n) is 10.2. The van der Waals surface area contributed by atoms with Crippen LogP contribution < -0.4 is 0 Å². The monoisotopic (exact) mass is 870 g/mol. The molecule has 35 heteroatoms. The maximum Gasteiger partial charge on any atom is 0.479 e. The average molecular weight is 871 g/mol. The number of halogens is 34. The Bertz CT molecular complexity index is 1230. The molecular weight excluding hydrogens is 871 g/mol. The predicted molar refractivity (Wildman–Crippen MR) is 89.1 cm³/mol. The van der Waals surface area contributed by atoms with Gasteiger partial charge in [-0.1, -0.05) is 0 Å². The van der Waals surface area contributed by atoms with Gasteiger partial charge in [-0.2, -0.15) is 136 Å². The van der Waals surface area contributed by atoms with E-state index < -0.39 is 95.9 Å². The fourth-order valence-corrected chi connectivity index (χ4v) is 4.86. The number of hydrogen-bond acceptors (Lipinski definition) is 0. The molecule has 0 aromatic heterocycles. The van der Waals surface area contributed by atoms with E-state index in [0.29, 0.717) is 0 Å². The van der Waals surface area contributed by atoms with Crippen molar-refractivity contribution in [2.24, 2.45) is 0 Å². The van der Waals surface area contributed by atoms with Crippen LogP contribution in [-0.4, -0.2) is 95.9 Å². The summed E-state index contributed by atoms with van der Waals surface area (Å²) in [6, 6.07) is 0. The summed E-state index contributed by atoms with van der Waals surface area (Å²) in [5.41, 5.74) is -9.27. The van der Waals surface area contributed by atoms with Crippen molar-refractivity contribution in [2.75, 3.05) is 0 Å². The molecule has 0 atom stereocenters. The summed E-state index contributed by atoms with van der Waals surface area (Å²) in [4.78, 5) is 0. The van der Waals surface area contributed by atoms with E-state index in [1.165, 1.54) is 0 Å². The van der Waals surface area contributed by atoms with Crippen LogP contribution in [0.25, 0.3) is 0 Å². The van der Waals surface area contributed by atoms with Crippen molar-refractivity contribution in [3.8, 4) is 0 Å². The van der Waals surface area contributed by atoms with Crippen LogP contribution >= 0.6 is 11.1 Å². The van der Waals surface area contributed by atoms with Gasteiger partial charge in [0.1, 0.15) is 0 Å². The Balaban J connectivity index is 7.80. The van der Waals surface area contributed by atoms with E-state index in [0.717, 1.165) is 0 Å². The maximum atomic E-state index is 13.8. The summed E-state index contributed by atoms with van der Waals surface area (Å²) >= 11 is 3.34. The normalized spacial score (nSPS) is 17.4. The number of alkyl halides is 33. The summed E-state index contributed by atoms with van der Waals surface area (Å²) < 4.78 is 437. The van der Waals surface area contributed by atoms with Crippen LogP contribution in [0.1, 0.15) is 0 Å². The minimum absolute atomic E-state index is 3.34. The Morgan fingerprint density at radius 3 is 0.500 bits per heavy atom. The van der Waals surface area contributed by atoms with Gasteiger partial charge in [0.15, 0.2) is 0 Å². The highest BCUT2D eigenvalue weighted by Gasteiger charge is 3.02. The minimum atomic E-state index is -10.5. The molecule has 0 aliphatic heterocycles. The summed E-state index contributed by atoms with van der Waals surface area (Å²) in [5, 5.41) is 0. The van der Waals surface area contributed by atoms with E-state index in [9.17, 15) is 145 Å². The third-order valence-corrected chi connectivity index (χ3v) is 10.6. The van der Waals surface area contributed by atoms with Crippen LogP contribution in [0.15, 0.2) is 0 Å². The van der Waals surface area contributed by atoms with Crippen molar-refractivity contribution < 1.29 is 145 Å². The molecule has 0 N–H and O–H groups in total. The van der Waals surface area contributed by atoms with Crippen LogP contribution in [0.3, 0.4) is 0 Å². The van der Waals surface area contributed by atoms with E-state index in [1.54, 1.807) is 0 Å². The Morgan fingerprint density at radius 2 is 0.360 bits per heavy atom. The van der Waals surface area contributed by atoms with Gasteiger partial charge in [0.05, 0.1) is 0 Å². The fraction of sp³-hybridized carbons (Fsp3) is 1.00. The van der Waals surface area contributed by atoms with E-state index in [1.807, 2.05) is 0 Å². The second kappa shape index (κ2) is 11.4. The highest BCUT2D eigenvalue weighted by Crippen LogP contribution is 2.69. The maximum absolute atomic E-state index is 13.8. The van der Waals surface area contributed by atoms with Crippen molar-refractivity contribution >= 4 is 18.5 Å². The van der Waals surface area contributed by atoms with Gasteiger partial charge in [-0.15, -0.1) is 11.1 Å². The lowest BCUT2D eigenvalue weighted by Gasteiger charge is -2.47. The molecule has 0 saturated carbocycles. The van der Waals surface area contributed by atoms with Crippen molar-refractivity contribution in [1.29, 1.82) is 0 Å². The van der Waals surface area contributed by atoms with Crippen molar-refractivity contribution in [3.63, 3.8) is 0 Å². The van der Waals surface area contributed by atoms with Gasteiger partial charge in [0.25, 0.3) is 0 Å². The minimum Gasteiger partial charge on any atom is -0.202 e. The Morgan fingerprint density at radius 1 is 0.220 bits per heavy atom. The summed E-state index contributed by atoms with van der Waals surface area (Å²) in [6.45, 7) is 0. The Labute approximate surface area is 253 Å². The van der Waals surface area contributed by atoms with Gasteiger partial charge in [0, 0.05) is 0 Å². The van der Waals surface area contributed by atoms with Crippen LogP contribution in [0.4, 0.5) is 145 Å². The highest BCUT2D eigenvalue weighted by atomic mass is 35.6. The lowest BCUT2D eigenvalue weighted by atomic mass is 9.84. The zero-order chi connectivity index (χ0) is 42.0. The van der Waals surface area contributed by atoms with Crippen LogP contribution in [0.5, 0.6) is 0 Å². The summed E-state index contributed by atoms with van der Waals surface area (Å²) in [7, 11) is -10.5. The van der Waals surface area contributed by atoms with E-state index in [4.69, 9.17) is 0 Å². The SMILES string of the molecule is FC(F)(F)C(F)(F)C(F)(F)C(F)(F)C(F)(F)C(F)(F)C(F)(F)C(F)(F)C(F)(F)C(F)(F)C(F)(F)C(F)(F)C(F)(F)[Si](Cl)(C(F)(F)F)C(F)(F)F. The molecule has 50 heavy (non-hydrogen) atoms. The molecule has 0 nitrogen and oxygen atoms in total. The van der Waals surface area contributed by atoms with Gasteiger partial charge in [-0.05, 0) is 0 Å². The third-order valence-electron chi connectivity index (χ3n) is 5.91. The zero-order valence-corrected chi connectivity index (χ0v) is 22.6. The number of hydrogen-bond donors (Lipinski definition) is 0. The molecule has 0 heterocycles. The molecular formula is C15ClF33Si. The van der Waals surface area contributed by atoms with Gasteiger partial charge in [0.2, 0.25) is 0 Å². The molecule has 0 aromatic rings. The molecule has 0 bridgehead atoms. The molecule has 0 amide bonds. The summed E-state index contributed by atoms with van der Waals surface area (Å²) in [6.07, 6.45) is -8.38. The Kier molecular flexibility index (Phi) is 10.9. The standard InChI is InChI=1S/C15ClF33Si/c16-50(14(44,45)46,15(47,48)49)13(42,43)11(37,38)9(33,34)7(29,30)5(25,26)3(21,22)1(17,18)2(19,20)4(23,24)6(27,28)8(31,32)10(35,36)12(39,40)41. The first kappa shape index (κ1) is 48.2. The van der Waals surface area contributed by atoms with Crippen LogP contribution in [0, 0.1) is 0 Å². The lowest BCUT2D eigenvalue weighted by molar-refractivity contribution is -0.484.